The molecule has 1 N–H and O–H groups in total. The van der Waals surface area contributed by atoms with Gasteiger partial charge in [0.1, 0.15) is 0 Å². The molecule has 0 fully saturated rings. The van der Waals surface area contributed by atoms with Crippen LogP contribution < -0.4 is 5.32 Å². The molecule has 0 aliphatic heterocycles. The standard InChI is InChI=1S/C17H19N3/c1-20(2)13-14-7-9-17(10-8-14)19-12-16-6-4-3-5-15(16)11-18/h3-10,19H,12-13H2,1-2H3. The number of nitriles is 1. The Bertz CT molecular complexity index is 594. The van der Waals surface area contributed by atoms with Crippen LogP contribution in [0.3, 0.4) is 0 Å². The summed E-state index contributed by atoms with van der Waals surface area (Å²) in [5, 5.41) is 12.4. The van der Waals surface area contributed by atoms with Gasteiger partial charge >= 0.3 is 0 Å². The Morgan fingerprint density at radius 3 is 2.40 bits per heavy atom. The highest BCUT2D eigenvalue weighted by molar-refractivity contribution is 5.47. The third kappa shape index (κ3) is 3.84. The third-order valence-corrected chi connectivity index (χ3v) is 3.07. The first kappa shape index (κ1) is 14.1. The first-order valence-corrected chi connectivity index (χ1v) is 6.64. The van der Waals surface area contributed by atoms with Crippen LogP contribution in [0.1, 0.15) is 16.7 Å². The molecule has 0 bridgehead atoms. The molecule has 0 unspecified atom stereocenters. The Morgan fingerprint density at radius 1 is 1.05 bits per heavy atom. The second kappa shape index (κ2) is 6.74. The summed E-state index contributed by atoms with van der Waals surface area (Å²) in [5.41, 5.74) is 4.11. The molecule has 20 heavy (non-hydrogen) atoms. The van der Waals surface area contributed by atoms with Gasteiger partial charge in [0.2, 0.25) is 0 Å². The van der Waals surface area contributed by atoms with Crippen LogP contribution in [0.4, 0.5) is 5.69 Å². The summed E-state index contributed by atoms with van der Waals surface area (Å²) in [7, 11) is 4.12. The highest BCUT2D eigenvalue weighted by Crippen LogP contribution is 2.14. The van der Waals surface area contributed by atoms with E-state index in [4.69, 9.17) is 5.26 Å². The lowest BCUT2D eigenvalue weighted by molar-refractivity contribution is 0.402. The first-order valence-electron chi connectivity index (χ1n) is 6.64. The Kier molecular flexibility index (Phi) is 4.75. The van der Waals surface area contributed by atoms with Gasteiger partial charge in [-0.1, -0.05) is 30.3 Å². The van der Waals surface area contributed by atoms with Crippen molar-refractivity contribution in [1.29, 1.82) is 5.26 Å². The summed E-state index contributed by atoms with van der Waals surface area (Å²) in [6.45, 7) is 1.61. The average molecular weight is 265 g/mol. The normalized spacial score (nSPS) is 10.3. The Morgan fingerprint density at radius 2 is 1.75 bits per heavy atom. The molecule has 3 heteroatoms. The predicted octanol–water partition coefficient (Wildman–Crippen LogP) is 3.23. The van der Waals surface area contributed by atoms with E-state index < -0.39 is 0 Å². The topological polar surface area (TPSA) is 39.1 Å². The maximum absolute atomic E-state index is 9.05. The van der Waals surface area contributed by atoms with Gasteiger partial charge in [-0.25, -0.2) is 0 Å². The van der Waals surface area contributed by atoms with E-state index in [-0.39, 0.29) is 0 Å². The van der Waals surface area contributed by atoms with Crippen molar-refractivity contribution in [1.82, 2.24) is 4.90 Å². The van der Waals surface area contributed by atoms with E-state index >= 15 is 0 Å². The van der Waals surface area contributed by atoms with Crippen LogP contribution in [-0.2, 0) is 13.1 Å². The van der Waals surface area contributed by atoms with Gasteiger partial charge in [-0.3, -0.25) is 0 Å². The van der Waals surface area contributed by atoms with E-state index in [0.29, 0.717) is 6.54 Å². The molecule has 0 aromatic heterocycles. The maximum atomic E-state index is 9.05. The highest BCUT2D eigenvalue weighted by Gasteiger charge is 2.01. The molecule has 0 saturated carbocycles. The average Bonchev–Trinajstić information content (AvgIpc) is 2.46. The van der Waals surface area contributed by atoms with Crippen molar-refractivity contribution >= 4 is 5.69 Å². The van der Waals surface area contributed by atoms with Crippen LogP contribution in [0.2, 0.25) is 0 Å². The summed E-state index contributed by atoms with van der Waals surface area (Å²) >= 11 is 0. The van der Waals surface area contributed by atoms with Gasteiger partial charge < -0.3 is 10.2 Å². The number of nitrogens with zero attached hydrogens (tertiary/aromatic N) is 2. The van der Waals surface area contributed by atoms with Gasteiger partial charge in [-0.2, -0.15) is 5.26 Å². The lowest BCUT2D eigenvalue weighted by Gasteiger charge is -2.11. The second-order valence-electron chi connectivity index (χ2n) is 5.06. The van der Waals surface area contributed by atoms with E-state index in [2.05, 4.69) is 54.6 Å². The lowest BCUT2D eigenvalue weighted by atomic mass is 10.1. The smallest absolute Gasteiger partial charge is 0.0995 e. The summed E-state index contributed by atoms with van der Waals surface area (Å²) < 4.78 is 0. The van der Waals surface area contributed by atoms with Gasteiger partial charge in [0, 0.05) is 18.8 Å². The molecule has 0 atom stereocenters. The first-order chi connectivity index (χ1) is 9.69. The van der Waals surface area contributed by atoms with Crippen molar-refractivity contribution in [3.05, 3.63) is 65.2 Å². The van der Waals surface area contributed by atoms with Crippen molar-refractivity contribution in [2.24, 2.45) is 0 Å². The van der Waals surface area contributed by atoms with E-state index in [1.165, 1.54) is 5.56 Å². The predicted molar refractivity (Wildman–Crippen MR) is 82.3 cm³/mol. The number of hydrogen-bond acceptors (Lipinski definition) is 3. The Balaban J connectivity index is 1.99. The molecule has 0 amide bonds. The summed E-state index contributed by atoms with van der Waals surface area (Å²) in [5.74, 6) is 0. The number of benzene rings is 2. The number of hydrogen-bond donors (Lipinski definition) is 1. The Hall–Kier alpha value is -2.31. The fourth-order valence-corrected chi connectivity index (χ4v) is 2.07. The van der Waals surface area contributed by atoms with E-state index in [0.717, 1.165) is 23.4 Å². The maximum Gasteiger partial charge on any atom is 0.0995 e. The largest absolute Gasteiger partial charge is 0.381 e. The van der Waals surface area contributed by atoms with Gasteiger partial charge in [-0.15, -0.1) is 0 Å². The molecule has 0 heterocycles. The van der Waals surface area contributed by atoms with E-state index in [1.807, 2.05) is 24.3 Å². The van der Waals surface area contributed by atoms with Gasteiger partial charge in [0.25, 0.3) is 0 Å². The summed E-state index contributed by atoms with van der Waals surface area (Å²) in [6, 6.07) is 18.3. The van der Waals surface area contributed by atoms with Crippen LogP contribution in [0.25, 0.3) is 0 Å². The molecule has 102 valence electrons. The molecule has 2 rings (SSSR count). The molecule has 0 aliphatic rings. The fraction of sp³-hybridized carbons (Fsp3) is 0.235. The minimum Gasteiger partial charge on any atom is -0.381 e. The SMILES string of the molecule is CN(C)Cc1ccc(NCc2ccccc2C#N)cc1. The Labute approximate surface area is 120 Å². The van der Waals surface area contributed by atoms with Crippen LogP contribution in [0.5, 0.6) is 0 Å². The van der Waals surface area contributed by atoms with Crippen molar-refractivity contribution in [2.75, 3.05) is 19.4 Å². The van der Waals surface area contributed by atoms with E-state index in [1.54, 1.807) is 0 Å². The summed E-state index contributed by atoms with van der Waals surface area (Å²) in [4.78, 5) is 2.14. The van der Waals surface area contributed by atoms with Crippen molar-refractivity contribution in [2.45, 2.75) is 13.1 Å². The monoisotopic (exact) mass is 265 g/mol. The molecule has 0 aliphatic carbocycles. The van der Waals surface area contributed by atoms with Crippen LogP contribution in [-0.4, -0.2) is 19.0 Å². The van der Waals surface area contributed by atoms with Crippen molar-refractivity contribution in [3.8, 4) is 6.07 Å². The second-order valence-corrected chi connectivity index (χ2v) is 5.06. The quantitative estimate of drug-likeness (QED) is 0.902. The third-order valence-electron chi connectivity index (χ3n) is 3.07. The zero-order chi connectivity index (χ0) is 14.4. The van der Waals surface area contributed by atoms with Crippen LogP contribution in [0.15, 0.2) is 48.5 Å². The molecule has 2 aromatic rings. The zero-order valence-corrected chi connectivity index (χ0v) is 11.9. The zero-order valence-electron chi connectivity index (χ0n) is 11.9. The molecule has 0 radical (unpaired) electrons. The van der Waals surface area contributed by atoms with Gasteiger partial charge in [0.05, 0.1) is 11.6 Å². The van der Waals surface area contributed by atoms with Gasteiger partial charge in [0.15, 0.2) is 0 Å². The minimum atomic E-state index is 0.663. The molecule has 2 aromatic carbocycles. The lowest BCUT2D eigenvalue weighted by Crippen LogP contribution is -2.10. The van der Waals surface area contributed by atoms with Crippen molar-refractivity contribution in [3.63, 3.8) is 0 Å². The number of anilines is 1. The van der Waals surface area contributed by atoms with E-state index in [9.17, 15) is 0 Å². The molecule has 0 saturated heterocycles. The van der Waals surface area contributed by atoms with Gasteiger partial charge in [-0.05, 0) is 43.4 Å². The number of nitrogens with one attached hydrogen (secondary N) is 1. The highest BCUT2D eigenvalue weighted by atomic mass is 15.0. The molecule has 0 spiro atoms. The molecular formula is C17H19N3. The van der Waals surface area contributed by atoms with Crippen LogP contribution in [0, 0.1) is 11.3 Å². The summed E-state index contributed by atoms with van der Waals surface area (Å²) in [6.07, 6.45) is 0. The van der Waals surface area contributed by atoms with Crippen LogP contribution >= 0.6 is 0 Å². The molecule has 3 nitrogen and oxygen atoms in total. The molecular weight excluding hydrogens is 246 g/mol. The minimum absolute atomic E-state index is 0.663. The fourth-order valence-electron chi connectivity index (χ4n) is 2.07. The number of rotatable bonds is 5. The van der Waals surface area contributed by atoms with Crippen molar-refractivity contribution < 1.29 is 0 Å².